The highest BCUT2D eigenvalue weighted by Gasteiger charge is 2.22. The Balaban J connectivity index is 1.55. The number of hydrogen-bond acceptors (Lipinski definition) is 6. The maximum absolute atomic E-state index is 13.1. The number of hydrogen-bond donors (Lipinski definition) is 1. The van der Waals surface area contributed by atoms with Crippen molar-refractivity contribution in [1.29, 1.82) is 0 Å². The Kier molecular flexibility index (Phi) is 8.18. The van der Waals surface area contributed by atoms with Crippen LogP contribution in [0.4, 0.5) is 4.39 Å². The van der Waals surface area contributed by atoms with Crippen LogP contribution in [0.5, 0.6) is 5.75 Å². The number of carboxylic acid groups (broad SMARTS) is 1. The molecule has 0 radical (unpaired) electrons. The molecule has 174 valence electrons. The summed E-state index contributed by atoms with van der Waals surface area (Å²) in [6.07, 6.45) is 0.856. The second-order valence-electron chi connectivity index (χ2n) is 7.52. The summed E-state index contributed by atoms with van der Waals surface area (Å²) in [5.74, 6) is -0.202. The second-order valence-corrected chi connectivity index (χ2v) is 7.52. The molecule has 1 heterocycles. The first-order chi connectivity index (χ1) is 15.9. The number of ether oxygens (including phenoxy) is 1. The Labute approximate surface area is 191 Å². The number of aromatic nitrogens is 1. The van der Waals surface area contributed by atoms with Gasteiger partial charge in [-0.2, -0.15) is 0 Å². The summed E-state index contributed by atoms with van der Waals surface area (Å²) in [5, 5.41) is 13.4. The molecule has 0 saturated heterocycles. The minimum absolute atomic E-state index is 0.308. The van der Waals surface area contributed by atoms with E-state index >= 15 is 0 Å². The Hall–Kier alpha value is -3.68. The van der Waals surface area contributed by atoms with Gasteiger partial charge in [-0.05, 0) is 69.2 Å². The lowest BCUT2D eigenvalue weighted by Crippen LogP contribution is -2.24. The third-order valence-electron chi connectivity index (χ3n) is 5.09. The molecule has 0 aliphatic heterocycles. The smallest absolute Gasteiger partial charge is 0.312 e. The molecule has 0 saturated carbocycles. The number of nitrogens with zero attached hydrogens (tertiary/aromatic N) is 2. The summed E-state index contributed by atoms with van der Waals surface area (Å²) in [6, 6.07) is 13.3. The van der Waals surface area contributed by atoms with Crippen LogP contribution in [0, 0.1) is 18.7 Å². The fraction of sp³-hybridized carbons (Fsp3) is 0.320. The van der Waals surface area contributed by atoms with Gasteiger partial charge in [0.15, 0.2) is 0 Å². The first kappa shape index (κ1) is 24.0. The van der Waals surface area contributed by atoms with Gasteiger partial charge >= 0.3 is 5.97 Å². The molecule has 3 rings (SSSR count). The molecule has 2 aromatic carbocycles. The summed E-state index contributed by atoms with van der Waals surface area (Å²) < 4.78 is 24.6. The Morgan fingerprint density at radius 3 is 2.52 bits per heavy atom. The van der Waals surface area contributed by atoms with Crippen LogP contribution in [0.3, 0.4) is 0 Å². The van der Waals surface area contributed by atoms with E-state index in [1.807, 2.05) is 31.2 Å². The van der Waals surface area contributed by atoms with E-state index in [0.29, 0.717) is 54.7 Å². The van der Waals surface area contributed by atoms with E-state index in [1.54, 1.807) is 26.0 Å². The number of aliphatic carboxylic acids is 1. The zero-order chi connectivity index (χ0) is 23.8. The Morgan fingerprint density at radius 2 is 1.88 bits per heavy atom. The van der Waals surface area contributed by atoms with Gasteiger partial charge in [-0.25, -0.2) is 9.37 Å². The van der Waals surface area contributed by atoms with Crippen molar-refractivity contribution >= 4 is 11.7 Å². The van der Waals surface area contributed by atoms with Crippen LogP contribution < -0.4 is 4.74 Å². The number of aryl methyl sites for hydroxylation is 1. The largest absolute Gasteiger partial charge is 0.493 e. The second kappa shape index (κ2) is 11.3. The fourth-order valence-electron chi connectivity index (χ4n) is 3.24. The maximum Gasteiger partial charge on any atom is 0.312 e. The van der Waals surface area contributed by atoms with E-state index in [-0.39, 0.29) is 5.82 Å². The average molecular weight is 454 g/mol. The monoisotopic (exact) mass is 454 g/mol. The summed E-state index contributed by atoms with van der Waals surface area (Å²) in [4.78, 5) is 21.1. The molecule has 1 unspecified atom stereocenters. The van der Waals surface area contributed by atoms with Crippen LogP contribution >= 0.6 is 0 Å². The van der Waals surface area contributed by atoms with Crippen molar-refractivity contribution in [2.24, 2.45) is 11.1 Å². The molecule has 1 aromatic heterocycles. The third kappa shape index (κ3) is 6.65. The van der Waals surface area contributed by atoms with Crippen molar-refractivity contribution < 1.29 is 28.3 Å². The zero-order valence-corrected chi connectivity index (χ0v) is 18.9. The fourth-order valence-corrected chi connectivity index (χ4v) is 3.24. The lowest BCUT2D eigenvalue weighted by Gasteiger charge is -2.12. The quantitative estimate of drug-likeness (QED) is 0.321. The first-order valence-corrected chi connectivity index (χ1v) is 10.7. The van der Waals surface area contributed by atoms with Gasteiger partial charge in [-0.15, -0.1) is 0 Å². The molecule has 0 aliphatic carbocycles. The van der Waals surface area contributed by atoms with Crippen LogP contribution in [0.25, 0.3) is 11.5 Å². The number of halogens is 1. The van der Waals surface area contributed by atoms with E-state index in [2.05, 4.69) is 10.1 Å². The van der Waals surface area contributed by atoms with E-state index in [9.17, 15) is 14.3 Å². The number of oxime groups is 1. The van der Waals surface area contributed by atoms with Crippen molar-refractivity contribution in [3.05, 3.63) is 71.4 Å². The zero-order valence-electron chi connectivity index (χ0n) is 18.9. The standard InChI is InChI=1S/C25H27FN2O5/c1-4-32-28-16(2)22(25(29)30)15-18-5-11-21(12-6-18)31-14-13-23-17(3)33-24(27-23)19-7-9-20(26)10-8-19/h5-12,22H,4,13-15H2,1-3H3,(H,29,30)/b28-16+. The molecule has 0 amide bonds. The predicted molar refractivity (Wildman–Crippen MR) is 122 cm³/mol. The van der Waals surface area contributed by atoms with E-state index in [0.717, 1.165) is 11.3 Å². The molecule has 1 atom stereocenters. The third-order valence-corrected chi connectivity index (χ3v) is 5.09. The molecular weight excluding hydrogens is 427 g/mol. The number of oxazole rings is 1. The van der Waals surface area contributed by atoms with Crippen molar-refractivity contribution in [2.75, 3.05) is 13.2 Å². The van der Waals surface area contributed by atoms with Gasteiger partial charge in [0.05, 0.1) is 18.0 Å². The number of carboxylic acids is 1. The number of benzene rings is 2. The topological polar surface area (TPSA) is 94.2 Å². The van der Waals surface area contributed by atoms with Crippen molar-refractivity contribution in [3.63, 3.8) is 0 Å². The van der Waals surface area contributed by atoms with Gasteiger partial charge in [0.2, 0.25) is 5.89 Å². The molecule has 0 fully saturated rings. The summed E-state index contributed by atoms with van der Waals surface area (Å²) in [5.41, 5.74) is 2.77. The predicted octanol–water partition coefficient (Wildman–Crippen LogP) is 5.07. The minimum atomic E-state index is -0.945. The average Bonchev–Trinajstić information content (AvgIpc) is 3.17. The van der Waals surface area contributed by atoms with E-state index < -0.39 is 11.9 Å². The first-order valence-electron chi connectivity index (χ1n) is 10.7. The molecule has 3 aromatic rings. The molecular formula is C25H27FN2O5. The van der Waals surface area contributed by atoms with E-state index in [4.69, 9.17) is 14.0 Å². The van der Waals surface area contributed by atoms with Gasteiger partial charge in [0.25, 0.3) is 0 Å². The van der Waals surface area contributed by atoms with Crippen LogP contribution in [-0.4, -0.2) is 35.0 Å². The van der Waals surface area contributed by atoms with Crippen LogP contribution in [0.2, 0.25) is 0 Å². The SMILES string of the molecule is CCO/N=C(\C)C(Cc1ccc(OCCc2nc(-c3ccc(F)cc3)oc2C)cc1)C(=O)O. The molecule has 1 N–H and O–H groups in total. The lowest BCUT2D eigenvalue weighted by molar-refractivity contribution is -0.139. The van der Waals surface area contributed by atoms with Gasteiger partial charge in [0.1, 0.15) is 29.9 Å². The van der Waals surface area contributed by atoms with Crippen LogP contribution in [-0.2, 0) is 22.5 Å². The lowest BCUT2D eigenvalue weighted by atomic mass is 9.95. The van der Waals surface area contributed by atoms with Crippen molar-refractivity contribution in [1.82, 2.24) is 4.98 Å². The maximum atomic E-state index is 13.1. The van der Waals surface area contributed by atoms with Gasteiger partial charge < -0.3 is 19.1 Å². The summed E-state index contributed by atoms with van der Waals surface area (Å²) in [6.45, 7) is 6.06. The highest BCUT2D eigenvalue weighted by molar-refractivity contribution is 6.00. The van der Waals surface area contributed by atoms with Gasteiger partial charge in [-0.1, -0.05) is 17.3 Å². The Bertz CT molecular complexity index is 1090. The van der Waals surface area contributed by atoms with Gasteiger partial charge in [-0.3, -0.25) is 4.79 Å². The van der Waals surface area contributed by atoms with E-state index in [1.165, 1.54) is 12.1 Å². The van der Waals surface area contributed by atoms with Crippen molar-refractivity contribution in [2.45, 2.75) is 33.6 Å². The molecule has 33 heavy (non-hydrogen) atoms. The molecule has 0 spiro atoms. The Morgan fingerprint density at radius 1 is 1.18 bits per heavy atom. The van der Waals surface area contributed by atoms with Crippen LogP contribution in [0.1, 0.15) is 30.9 Å². The van der Waals surface area contributed by atoms with Gasteiger partial charge in [0, 0.05) is 12.0 Å². The molecule has 0 bridgehead atoms. The molecule has 0 aliphatic rings. The number of rotatable bonds is 11. The summed E-state index contributed by atoms with van der Waals surface area (Å²) >= 11 is 0. The van der Waals surface area contributed by atoms with Crippen LogP contribution in [0.15, 0.2) is 58.1 Å². The highest BCUT2D eigenvalue weighted by atomic mass is 19.1. The summed E-state index contributed by atoms with van der Waals surface area (Å²) in [7, 11) is 0. The normalized spacial score (nSPS) is 12.4. The molecule has 7 nitrogen and oxygen atoms in total. The molecule has 8 heteroatoms. The number of carbonyl (C=O) groups is 1. The highest BCUT2D eigenvalue weighted by Crippen LogP contribution is 2.23. The minimum Gasteiger partial charge on any atom is -0.493 e. The van der Waals surface area contributed by atoms with Crippen molar-refractivity contribution in [3.8, 4) is 17.2 Å².